The van der Waals surface area contributed by atoms with Crippen LogP contribution in [0.1, 0.15) is 122 Å². The smallest absolute Gasteiger partial charge is 0.327 e. The van der Waals surface area contributed by atoms with Gasteiger partial charge in [-0.2, -0.15) is 0 Å². The predicted octanol–water partition coefficient (Wildman–Crippen LogP) is 6.67. The molecule has 1 atom stereocenters. The van der Waals surface area contributed by atoms with Crippen LogP contribution in [-0.4, -0.2) is 37.8 Å². The molecule has 0 bridgehead atoms. The summed E-state index contributed by atoms with van der Waals surface area (Å²) in [5, 5.41) is 0. The summed E-state index contributed by atoms with van der Waals surface area (Å²) in [6.45, 7) is 2.83. The lowest BCUT2D eigenvalue weighted by molar-refractivity contribution is -0.160. The van der Waals surface area contributed by atoms with Gasteiger partial charge in [-0.1, -0.05) is 90.4 Å². The highest BCUT2D eigenvalue weighted by atomic mass is 31.1. The highest BCUT2D eigenvalue weighted by Crippen LogP contribution is 2.12. The number of hydrogen-bond donors (Lipinski definition) is 1. The van der Waals surface area contributed by atoms with Crippen LogP contribution in [-0.2, 0) is 28.2 Å². The summed E-state index contributed by atoms with van der Waals surface area (Å²) in [5.41, 5.74) is 5.49. The average molecular weight is 490 g/mol. The Kier molecular flexibility index (Phi) is 24.8. The van der Waals surface area contributed by atoms with E-state index in [2.05, 4.69) is 6.92 Å². The van der Waals surface area contributed by atoms with Crippen LogP contribution in [0.2, 0.25) is 0 Å². The molecular weight excluding hydrogens is 441 g/mol. The second-order valence-electron chi connectivity index (χ2n) is 8.76. The molecule has 0 aromatic rings. The maximum Gasteiger partial charge on any atom is 0.327 e. The van der Waals surface area contributed by atoms with Crippen molar-refractivity contribution < 1.29 is 28.2 Å². The summed E-state index contributed by atoms with van der Waals surface area (Å²) in [6.07, 6.45) is 18.1. The number of ether oxygens (including phenoxy) is 2. The van der Waals surface area contributed by atoms with Gasteiger partial charge in [0.25, 0.3) is 0 Å². The fraction of sp³-hybridized carbons (Fsp3) is 0.920. The summed E-state index contributed by atoms with van der Waals surface area (Å²) in [6, 6.07) is 0. The van der Waals surface area contributed by atoms with Gasteiger partial charge in [0, 0.05) is 12.8 Å². The zero-order chi connectivity index (χ0) is 24.4. The molecule has 0 aliphatic rings. The van der Waals surface area contributed by atoms with E-state index in [4.69, 9.17) is 19.7 Å². The monoisotopic (exact) mass is 489 g/mol. The Balaban J connectivity index is 3.82. The number of esters is 2. The van der Waals surface area contributed by atoms with Gasteiger partial charge < -0.3 is 15.2 Å². The van der Waals surface area contributed by atoms with Crippen molar-refractivity contribution in [3.63, 3.8) is 0 Å². The van der Waals surface area contributed by atoms with Crippen LogP contribution in [0.25, 0.3) is 0 Å². The summed E-state index contributed by atoms with van der Waals surface area (Å²) >= 11 is 0. The Morgan fingerprint density at radius 2 is 1.18 bits per heavy atom. The first kappa shape index (κ1) is 32.0. The van der Waals surface area contributed by atoms with E-state index in [1.165, 1.54) is 57.8 Å². The van der Waals surface area contributed by atoms with Crippen LogP contribution in [0, 0.1) is 0 Å². The summed E-state index contributed by atoms with van der Waals surface area (Å²) in [4.78, 5) is 24.0. The van der Waals surface area contributed by atoms with Crippen LogP contribution < -0.4 is 5.73 Å². The molecule has 0 radical (unpaired) electrons. The minimum Gasteiger partial charge on any atom is -0.462 e. The van der Waals surface area contributed by atoms with Crippen LogP contribution in [0.5, 0.6) is 0 Å². The second kappa shape index (κ2) is 25.6. The van der Waals surface area contributed by atoms with E-state index in [-0.39, 0.29) is 25.2 Å². The van der Waals surface area contributed by atoms with Crippen LogP contribution in [0.3, 0.4) is 0 Å². The quantitative estimate of drug-likeness (QED) is 0.0867. The largest absolute Gasteiger partial charge is 0.462 e. The minimum atomic E-state index is -0.729. The van der Waals surface area contributed by atoms with Crippen molar-refractivity contribution in [3.05, 3.63) is 0 Å². The normalized spacial score (nSPS) is 12.1. The van der Waals surface area contributed by atoms with E-state index in [1.807, 2.05) is 0 Å². The Bertz CT molecular complexity index is 478. The number of nitrogens with two attached hydrogens (primary N) is 1. The summed E-state index contributed by atoms with van der Waals surface area (Å²) < 4.78 is 26.0. The van der Waals surface area contributed by atoms with Gasteiger partial charge >= 0.3 is 20.6 Å². The molecule has 0 unspecified atom stereocenters. The maximum atomic E-state index is 12.0. The topological polar surface area (TPSA) is 105 Å². The van der Waals surface area contributed by atoms with Crippen molar-refractivity contribution >= 4 is 20.6 Å². The molecule has 0 aliphatic heterocycles. The van der Waals surface area contributed by atoms with E-state index in [0.29, 0.717) is 12.8 Å². The maximum absolute atomic E-state index is 12.0. The molecule has 8 heteroatoms. The summed E-state index contributed by atoms with van der Waals surface area (Å²) in [5.74, 6) is -0.636. The molecule has 0 saturated heterocycles. The average Bonchev–Trinajstić information content (AvgIpc) is 2.81. The zero-order valence-corrected chi connectivity index (χ0v) is 21.8. The first-order valence-electron chi connectivity index (χ1n) is 13.1. The molecule has 0 amide bonds. The first-order valence-corrected chi connectivity index (χ1v) is 13.9. The van der Waals surface area contributed by atoms with Gasteiger partial charge in [-0.25, -0.2) is 4.57 Å². The molecule has 33 heavy (non-hydrogen) atoms. The lowest BCUT2D eigenvalue weighted by atomic mass is 10.1. The van der Waals surface area contributed by atoms with Crippen molar-refractivity contribution in [2.24, 2.45) is 5.73 Å². The van der Waals surface area contributed by atoms with Crippen molar-refractivity contribution in [3.8, 4) is 0 Å². The van der Waals surface area contributed by atoms with Gasteiger partial charge in [0.15, 0.2) is 6.10 Å². The third-order valence-electron chi connectivity index (χ3n) is 5.61. The Hall–Kier alpha value is -1.04. The Morgan fingerprint density at radius 1 is 0.697 bits per heavy atom. The van der Waals surface area contributed by atoms with Gasteiger partial charge in [-0.3, -0.25) is 14.1 Å². The third-order valence-corrected chi connectivity index (χ3v) is 5.87. The van der Waals surface area contributed by atoms with Gasteiger partial charge in [0.2, 0.25) is 0 Å². The Morgan fingerprint density at radius 3 is 1.70 bits per heavy atom. The van der Waals surface area contributed by atoms with E-state index < -0.39 is 14.8 Å². The Labute approximate surface area is 203 Å². The molecule has 0 aromatic heterocycles. The van der Waals surface area contributed by atoms with Gasteiger partial charge in [-0.05, 0) is 25.8 Å². The molecule has 0 spiro atoms. The first-order chi connectivity index (χ1) is 16.1. The van der Waals surface area contributed by atoms with Crippen LogP contribution in [0.4, 0.5) is 0 Å². The van der Waals surface area contributed by atoms with Crippen LogP contribution in [0.15, 0.2) is 0 Å². The van der Waals surface area contributed by atoms with Gasteiger partial charge in [0.05, 0.1) is 0 Å². The van der Waals surface area contributed by atoms with Crippen molar-refractivity contribution in [2.75, 3.05) is 19.8 Å². The third kappa shape index (κ3) is 23.9. The molecule has 0 rings (SSSR count). The van der Waals surface area contributed by atoms with Crippen molar-refractivity contribution in [1.82, 2.24) is 0 Å². The number of carbonyl (C=O) groups excluding carboxylic acids is 2. The van der Waals surface area contributed by atoms with Crippen LogP contribution >= 0.6 is 8.69 Å². The van der Waals surface area contributed by atoms with Crippen molar-refractivity contribution in [2.45, 2.75) is 129 Å². The summed E-state index contributed by atoms with van der Waals surface area (Å²) in [7, 11) is -0.489. The van der Waals surface area contributed by atoms with E-state index in [1.54, 1.807) is 0 Å². The fourth-order valence-corrected chi connectivity index (χ4v) is 3.84. The van der Waals surface area contributed by atoms with Gasteiger partial charge in [0.1, 0.15) is 13.2 Å². The SMILES string of the molecule is CCCCCCCCC(=O)O[C@H](COP=O)COC(=O)CCCCCCCCCCCCN. The zero-order valence-electron chi connectivity index (χ0n) is 20.9. The highest BCUT2D eigenvalue weighted by molar-refractivity contribution is 7.17. The molecule has 0 heterocycles. The molecule has 0 fully saturated rings. The molecule has 194 valence electrons. The fourth-order valence-electron chi connectivity index (χ4n) is 3.61. The molecule has 2 N–H and O–H groups in total. The number of rotatable bonds is 25. The molecule has 0 aliphatic carbocycles. The minimum absolute atomic E-state index is 0.0627. The van der Waals surface area contributed by atoms with E-state index in [0.717, 1.165) is 51.5 Å². The predicted molar refractivity (Wildman–Crippen MR) is 132 cm³/mol. The van der Waals surface area contributed by atoms with E-state index >= 15 is 0 Å². The van der Waals surface area contributed by atoms with Gasteiger partial charge in [-0.15, -0.1) is 0 Å². The standard InChI is InChI=1S/C25H48NO6P/c1-2-3-4-5-12-16-19-25(28)32-23(22-31-33-29)21-30-24(27)18-15-13-10-8-6-7-9-11-14-17-20-26/h23H,2-22,26H2,1H3/t23-/m0/s1. The molecular formula is C25H48NO6P. The lowest BCUT2D eigenvalue weighted by Crippen LogP contribution is -2.28. The molecule has 0 aromatic carbocycles. The van der Waals surface area contributed by atoms with E-state index in [9.17, 15) is 14.2 Å². The number of hydrogen-bond acceptors (Lipinski definition) is 7. The number of unbranched alkanes of at least 4 members (excludes halogenated alkanes) is 14. The number of carbonyl (C=O) groups is 2. The lowest BCUT2D eigenvalue weighted by Gasteiger charge is -2.16. The second-order valence-corrected chi connectivity index (χ2v) is 9.16. The van der Waals surface area contributed by atoms with Crippen molar-refractivity contribution in [1.29, 1.82) is 0 Å². The highest BCUT2D eigenvalue weighted by Gasteiger charge is 2.17. The molecule has 0 saturated carbocycles. The molecule has 7 nitrogen and oxygen atoms in total.